The van der Waals surface area contributed by atoms with Crippen LogP contribution in [0.1, 0.15) is 16.1 Å². The number of carboxylic acid groups (broad SMARTS) is 1. The number of aromatic carboxylic acids is 1. The van der Waals surface area contributed by atoms with Gasteiger partial charge < -0.3 is 14.6 Å². The second-order valence-corrected chi connectivity index (χ2v) is 6.13. The smallest absolute Gasteiger partial charge is 0.355 e. The van der Waals surface area contributed by atoms with Crippen molar-refractivity contribution in [3.05, 3.63) is 46.2 Å². The first-order valence-corrected chi connectivity index (χ1v) is 7.65. The van der Waals surface area contributed by atoms with Gasteiger partial charge in [0.2, 0.25) is 6.79 Å². The van der Waals surface area contributed by atoms with E-state index in [1.54, 1.807) is 28.8 Å². The van der Waals surface area contributed by atoms with Gasteiger partial charge in [-0.25, -0.2) is 9.78 Å². The Morgan fingerprint density at radius 2 is 2.09 bits per heavy atom. The third-order valence-corrected chi connectivity index (χ3v) is 4.15. The highest BCUT2D eigenvalue weighted by Crippen LogP contribution is 2.37. The van der Waals surface area contributed by atoms with Gasteiger partial charge >= 0.3 is 5.97 Å². The molecule has 0 radical (unpaired) electrons. The molecule has 2 aromatic heterocycles. The van der Waals surface area contributed by atoms with Crippen LogP contribution >= 0.6 is 15.9 Å². The summed E-state index contributed by atoms with van der Waals surface area (Å²) in [5.74, 6) is 0.199. The molecule has 0 spiro atoms. The van der Waals surface area contributed by atoms with Gasteiger partial charge in [0.15, 0.2) is 17.2 Å². The number of aryl methyl sites for hydroxylation is 1. The van der Waals surface area contributed by atoms with Crippen molar-refractivity contribution in [3.63, 3.8) is 0 Å². The molecule has 0 saturated carbocycles. The Kier molecular flexibility index (Phi) is 3.05. The Morgan fingerprint density at radius 3 is 2.87 bits per heavy atom. The SMILES string of the molecule is Cc1cc(Br)cn2c(C(=O)O)c(-c3ccc4c(c3)OCO4)nc12. The number of benzene rings is 1. The van der Waals surface area contributed by atoms with Crippen LogP contribution in [0.15, 0.2) is 34.9 Å². The zero-order valence-electron chi connectivity index (χ0n) is 12.0. The lowest BCUT2D eigenvalue weighted by molar-refractivity contribution is 0.0690. The van der Waals surface area contributed by atoms with Crippen LogP contribution in [0.3, 0.4) is 0 Å². The fourth-order valence-corrected chi connectivity index (χ4v) is 3.27. The highest BCUT2D eigenvalue weighted by atomic mass is 79.9. The summed E-state index contributed by atoms with van der Waals surface area (Å²) in [5, 5.41) is 9.66. The van der Waals surface area contributed by atoms with Crippen LogP contribution in [0.5, 0.6) is 11.5 Å². The summed E-state index contributed by atoms with van der Waals surface area (Å²) in [6.45, 7) is 2.06. The molecule has 1 aromatic carbocycles. The quantitative estimate of drug-likeness (QED) is 0.742. The van der Waals surface area contributed by atoms with E-state index < -0.39 is 5.97 Å². The highest BCUT2D eigenvalue weighted by molar-refractivity contribution is 9.10. The minimum Gasteiger partial charge on any atom is -0.476 e. The number of halogens is 1. The minimum atomic E-state index is -1.04. The predicted molar refractivity (Wildman–Crippen MR) is 86.1 cm³/mol. The molecule has 3 aromatic rings. The van der Waals surface area contributed by atoms with E-state index in [1.165, 1.54) is 0 Å². The third-order valence-electron chi connectivity index (χ3n) is 3.72. The largest absolute Gasteiger partial charge is 0.476 e. The average molecular weight is 375 g/mol. The van der Waals surface area contributed by atoms with E-state index >= 15 is 0 Å². The molecule has 23 heavy (non-hydrogen) atoms. The Morgan fingerprint density at radius 1 is 1.30 bits per heavy atom. The molecule has 0 saturated heterocycles. The maximum absolute atomic E-state index is 11.8. The zero-order chi connectivity index (χ0) is 16.1. The maximum atomic E-state index is 11.8. The number of hydrogen-bond donors (Lipinski definition) is 1. The molecule has 7 heteroatoms. The molecule has 116 valence electrons. The number of ether oxygens (including phenoxy) is 2. The molecule has 0 aliphatic carbocycles. The van der Waals surface area contributed by atoms with Crippen molar-refractivity contribution in [2.75, 3.05) is 6.79 Å². The molecule has 0 fully saturated rings. The van der Waals surface area contributed by atoms with E-state index in [1.807, 2.05) is 13.0 Å². The van der Waals surface area contributed by atoms with E-state index in [-0.39, 0.29) is 12.5 Å². The van der Waals surface area contributed by atoms with Crippen LogP contribution in [-0.2, 0) is 0 Å². The van der Waals surface area contributed by atoms with Gasteiger partial charge in [-0.1, -0.05) is 0 Å². The van der Waals surface area contributed by atoms with Crippen molar-refractivity contribution >= 4 is 27.5 Å². The monoisotopic (exact) mass is 374 g/mol. The van der Waals surface area contributed by atoms with Gasteiger partial charge in [0.25, 0.3) is 0 Å². The molecule has 1 N–H and O–H groups in total. The summed E-state index contributed by atoms with van der Waals surface area (Å²) in [6.07, 6.45) is 1.70. The predicted octanol–water partition coefficient (Wildman–Crippen LogP) is 3.50. The topological polar surface area (TPSA) is 73.1 Å². The van der Waals surface area contributed by atoms with Crippen molar-refractivity contribution < 1.29 is 19.4 Å². The Hall–Kier alpha value is -2.54. The minimum absolute atomic E-state index is 0.114. The van der Waals surface area contributed by atoms with Crippen molar-refractivity contribution in [2.24, 2.45) is 0 Å². The van der Waals surface area contributed by atoms with Crippen LogP contribution in [0.2, 0.25) is 0 Å². The van der Waals surface area contributed by atoms with Crippen LogP contribution in [-0.4, -0.2) is 27.3 Å². The molecular formula is C16H11BrN2O4. The van der Waals surface area contributed by atoms with Crippen molar-refractivity contribution in [3.8, 4) is 22.8 Å². The van der Waals surface area contributed by atoms with Gasteiger partial charge in [0.05, 0.1) is 0 Å². The molecule has 0 bridgehead atoms. The molecule has 0 atom stereocenters. The Balaban J connectivity index is 2.01. The highest BCUT2D eigenvalue weighted by Gasteiger charge is 2.23. The summed E-state index contributed by atoms with van der Waals surface area (Å²) in [5.41, 5.74) is 2.68. The molecule has 1 aliphatic heterocycles. The van der Waals surface area contributed by atoms with Crippen LogP contribution in [0.25, 0.3) is 16.9 Å². The van der Waals surface area contributed by atoms with Crippen LogP contribution in [0.4, 0.5) is 0 Å². The van der Waals surface area contributed by atoms with E-state index in [0.29, 0.717) is 28.4 Å². The Bertz CT molecular complexity index is 964. The zero-order valence-corrected chi connectivity index (χ0v) is 13.6. The molecule has 1 aliphatic rings. The number of carbonyl (C=O) groups is 1. The number of hydrogen-bond acceptors (Lipinski definition) is 4. The first-order chi connectivity index (χ1) is 11.0. The molecule has 4 rings (SSSR count). The van der Waals surface area contributed by atoms with E-state index in [0.717, 1.165) is 10.0 Å². The van der Waals surface area contributed by atoms with Gasteiger partial charge in [0.1, 0.15) is 11.3 Å². The molecule has 0 amide bonds. The average Bonchev–Trinajstić information content (AvgIpc) is 3.09. The summed E-state index contributed by atoms with van der Waals surface area (Å²) in [6, 6.07) is 7.19. The molecule has 3 heterocycles. The molecule has 0 unspecified atom stereocenters. The fraction of sp³-hybridized carbons (Fsp3) is 0.125. The standard InChI is InChI=1S/C16H11BrN2O4/c1-8-4-10(17)6-19-14(16(20)21)13(18-15(8)19)9-2-3-11-12(5-9)23-7-22-11/h2-6H,7H2,1H3,(H,20,21). The van der Waals surface area contributed by atoms with E-state index in [4.69, 9.17) is 9.47 Å². The first kappa shape index (κ1) is 14.1. The van der Waals surface area contributed by atoms with Gasteiger partial charge in [0, 0.05) is 16.2 Å². The van der Waals surface area contributed by atoms with Gasteiger partial charge in [-0.15, -0.1) is 0 Å². The van der Waals surface area contributed by atoms with Crippen molar-refractivity contribution in [1.82, 2.24) is 9.38 Å². The number of imidazole rings is 1. The second-order valence-electron chi connectivity index (χ2n) is 5.22. The van der Waals surface area contributed by atoms with E-state index in [2.05, 4.69) is 20.9 Å². The summed E-state index contributed by atoms with van der Waals surface area (Å²) in [7, 11) is 0. The number of fused-ring (bicyclic) bond motifs is 2. The van der Waals surface area contributed by atoms with Gasteiger partial charge in [-0.3, -0.25) is 4.40 Å². The number of pyridine rings is 1. The summed E-state index contributed by atoms with van der Waals surface area (Å²) in [4.78, 5) is 16.3. The van der Waals surface area contributed by atoms with Crippen molar-refractivity contribution in [2.45, 2.75) is 6.92 Å². The number of carboxylic acids is 1. The lowest BCUT2D eigenvalue weighted by Crippen LogP contribution is -2.04. The maximum Gasteiger partial charge on any atom is 0.355 e. The number of rotatable bonds is 2. The van der Waals surface area contributed by atoms with Crippen LogP contribution in [0, 0.1) is 6.92 Å². The van der Waals surface area contributed by atoms with E-state index in [9.17, 15) is 9.90 Å². The number of aromatic nitrogens is 2. The summed E-state index contributed by atoms with van der Waals surface area (Å²) < 4.78 is 13.0. The normalized spacial score (nSPS) is 12.8. The molecular weight excluding hydrogens is 364 g/mol. The Labute approximate surface area is 139 Å². The lowest BCUT2D eigenvalue weighted by atomic mass is 10.1. The van der Waals surface area contributed by atoms with Crippen LogP contribution < -0.4 is 9.47 Å². The van der Waals surface area contributed by atoms with Gasteiger partial charge in [-0.05, 0) is 52.7 Å². The molecule has 6 nitrogen and oxygen atoms in total. The van der Waals surface area contributed by atoms with Gasteiger partial charge in [-0.2, -0.15) is 0 Å². The van der Waals surface area contributed by atoms with Crippen molar-refractivity contribution in [1.29, 1.82) is 0 Å². The number of nitrogens with zero attached hydrogens (tertiary/aromatic N) is 2. The first-order valence-electron chi connectivity index (χ1n) is 6.86. The third kappa shape index (κ3) is 2.16. The second kappa shape index (κ2) is 4.99. The fourth-order valence-electron chi connectivity index (χ4n) is 2.72. The lowest BCUT2D eigenvalue weighted by Gasteiger charge is -2.03. The summed E-state index contributed by atoms with van der Waals surface area (Å²) >= 11 is 3.39.